The Balaban J connectivity index is 1.84. The lowest BCUT2D eigenvalue weighted by atomic mass is 10.1. The Bertz CT molecular complexity index is 598. The third kappa shape index (κ3) is 4.67. The van der Waals surface area contributed by atoms with E-state index in [1.807, 2.05) is 37.3 Å². The van der Waals surface area contributed by atoms with Crippen LogP contribution in [-0.4, -0.2) is 12.0 Å². The lowest BCUT2D eigenvalue weighted by Gasteiger charge is -2.18. The van der Waals surface area contributed by atoms with Crippen LogP contribution in [-0.2, 0) is 16.1 Å². The number of rotatable bonds is 6. The third-order valence-electron chi connectivity index (χ3n) is 3.44. The van der Waals surface area contributed by atoms with Crippen LogP contribution in [0.2, 0.25) is 0 Å². The minimum absolute atomic E-state index is 0.187. The molecule has 0 saturated heterocycles. The standard InChI is InChI=1S/C18H20FNO2/c1-13(16-8-10-17(19)11-9-16)20-18(21)14(2)22-12-15-6-4-3-5-7-15/h3-11,13-14H,12H2,1-2H3,(H,20,21)/t13-,14-/m1/s1. The van der Waals surface area contributed by atoms with Crippen LogP contribution in [0.1, 0.15) is 31.0 Å². The molecule has 0 aliphatic heterocycles. The summed E-state index contributed by atoms with van der Waals surface area (Å²) in [5.41, 5.74) is 1.87. The second kappa shape index (κ2) is 7.71. The maximum Gasteiger partial charge on any atom is 0.249 e. The molecule has 0 saturated carbocycles. The van der Waals surface area contributed by atoms with E-state index in [0.717, 1.165) is 11.1 Å². The summed E-state index contributed by atoms with van der Waals surface area (Å²) >= 11 is 0. The van der Waals surface area contributed by atoms with Crippen LogP contribution in [0.15, 0.2) is 54.6 Å². The van der Waals surface area contributed by atoms with E-state index in [1.54, 1.807) is 19.1 Å². The lowest BCUT2D eigenvalue weighted by Crippen LogP contribution is -2.36. The van der Waals surface area contributed by atoms with Crippen molar-refractivity contribution < 1.29 is 13.9 Å². The first-order valence-electron chi connectivity index (χ1n) is 7.27. The van der Waals surface area contributed by atoms with Crippen LogP contribution >= 0.6 is 0 Å². The SMILES string of the molecule is C[C@@H](OCc1ccccc1)C(=O)N[C@H](C)c1ccc(F)cc1. The fraction of sp³-hybridized carbons (Fsp3) is 0.278. The molecule has 22 heavy (non-hydrogen) atoms. The van der Waals surface area contributed by atoms with E-state index in [-0.39, 0.29) is 17.8 Å². The highest BCUT2D eigenvalue weighted by Crippen LogP contribution is 2.13. The molecule has 3 nitrogen and oxygen atoms in total. The second-order valence-electron chi connectivity index (χ2n) is 5.22. The first-order valence-corrected chi connectivity index (χ1v) is 7.27. The molecule has 116 valence electrons. The van der Waals surface area contributed by atoms with E-state index in [9.17, 15) is 9.18 Å². The number of amides is 1. The zero-order valence-electron chi connectivity index (χ0n) is 12.8. The van der Waals surface area contributed by atoms with Crippen molar-refractivity contribution in [2.75, 3.05) is 0 Å². The van der Waals surface area contributed by atoms with E-state index in [4.69, 9.17) is 4.74 Å². The van der Waals surface area contributed by atoms with Crippen molar-refractivity contribution in [3.63, 3.8) is 0 Å². The summed E-state index contributed by atoms with van der Waals surface area (Å²) in [6.07, 6.45) is -0.553. The van der Waals surface area contributed by atoms with Crippen LogP contribution in [0, 0.1) is 5.82 Å². The molecule has 0 radical (unpaired) electrons. The van der Waals surface area contributed by atoms with Crippen molar-refractivity contribution >= 4 is 5.91 Å². The maximum absolute atomic E-state index is 12.9. The molecule has 1 amide bonds. The Kier molecular flexibility index (Phi) is 5.67. The molecule has 0 bridgehead atoms. The molecular formula is C18H20FNO2. The Morgan fingerprint density at radius 1 is 1.09 bits per heavy atom. The van der Waals surface area contributed by atoms with Crippen LogP contribution in [0.3, 0.4) is 0 Å². The van der Waals surface area contributed by atoms with Crippen molar-refractivity contribution in [3.8, 4) is 0 Å². The smallest absolute Gasteiger partial charge is 0.249 e. The number of carbonyl (C=O) groups is 1. The predicted octanol–water partition coefficient (Wildman–Crippen LogP) is 3.61. The van der Waals surface area contributed by atoms with Gasteiger partial charge < -0.3 is 10.1 Å². The van der Waals surface area contributed by atoms with E-state index < -0.39 is 6.10 Å². The average molecular weight is 301 g/mol. The molecule has 0 aromatic heterocycles. The summed E-state index contributed by atoms with van der Waals surface area (Å²) in [6, 6.07) is 15.6. The van der Waals surface area contributed by atoms with Gasteiger partial charge >= 0.3 is 0 Å². The number of hydrogen-bond donors (Lipinski definition) is 1. The Morgan fingerprint density at radius 2 is 1.73 bits per heavy atom. The first-order chi connectivity index (χ1) is 10.6. The largest absolute Gasteiger partial charge is 0.364 e. The van der Waals surface area contributed by atoms with Gasteiger partial charge in [-0.05, 0) is 37.1 Å². The van der Waals surface area contributed by atoms with Crippen molar-refractivity contribution in [2.45, 2.75) is 32.6 Å². The van der Waals surface area contributed by atoms with E-state index in [0.29, 0.717) is 6.61 Å². The predicted molar refractivity (Wildman–Crippen MR) is 83.7 cm³/mol. The van der Waals surface area contributed by atoms with Gasteiger partial charge in [0, 0.05) is 0 Å². The minimum atomic E-state index is -0.553. The van der Waals surface area contributed by atoms with Gasteiger partial charge in [-0.1, -0.05) is 42.5 Å². The van der Waals surface area contributed by atoms with E-state index in [1.165, 1.54) is 12.1 Å². The fourth-order valence-electron chi connectivity index (χ4n) is 2.04. The molecule has 0 fully saturated rings. The number of hydrogen-bond acceptors (Lipinski definition) is 2. The topological polar surface area (TPSA) is 38.3 Å². The lowest BCUT2D eigenvalue weighted by molar-refractivity contribution is -0.133. The molecule has 0 spiro atoms. The van der Waals surface area contributed by atoms with E-state index >= 15 is 0 Å². The Morgan fingerprint density at radius 3 is 2.36 bits per heavy atom. The van der Waals surface area contributed by atoms with Gasteiger partial charge in [0.1, 0.15) is 11.9 Å². The second-order valence-corrected chi connectivity index (χ2v) is 5.22. The highest BCUT2D eigenvalue weighted by atomic mass is 19.1. The number of ether oxygens (including phenoxy) is 1. The van der Waals surface area contributed by atoms with Gasteiger partial charge in [0.05, 0.1) is 12.6 Å². The zero-order chi connectivity index (χ0) is 15.9. The molecule has 1 N–H and O–H groups in total. The minimum Gasteiger partial charge on any atom is -0.364 e. The summed E-state index contributed by atoms with van der Waals surface area (Å²) in [6.45, 7) is 3.96. The molecule has 0 aliphatic rings. The fourth-order valence-corrected chi connectivity index (χ4v) is 2.04. The molecule has 2 aromatic rings. The van der Waals surface area contributed by atoms with Crippen LogP contribution in [0.25, 0.3) is 0 Å². The average Bonchev–Trinajstić information content (AvgIpc) is 2.54. The normalized spacial score (nSPS) is 13.4. The Hall–Kier alpha value is -2.20. The van der Waals surface area contributed by atoms with Gasteiger partial charge in [-0.3, -0.25) is 4.79 Å². The van der Waals surface area contributed by atoms with Crippen LogP contribution < -0.4 is 5.32 Å². The molecule has 2 atom stereocenters. The van der Waals surface area contributed by atoms with Gasteiger partial charge in [-0.2, -0.15) is 0 Å². The maximum atomic E-state index is 12.9. The summed E-state index contributed by atoms with van der Waals surface area (Å²) in [5, 5.41) is 2.87. The molecule has 2 aromatic carbocycles. The Labute approximate surface area is 130 Å². The van der Waals surface area contributed by atoms with Crippen LogP contribution in [0.4, 0.5) is 4.39 Å². The molecular weight excluding hydrogens is 281 g/mol. The van der Waals surface area contributed by atoms with Gasteiger partial charge in [0.15, 0.2) is 0 Å². The van der Waals surface area contributed by atoms with Gasteiger partial charge in [0.2, 0.25) is 5.91 Å². The van der Waals surface area contributed by atoms with Crippen molar-refractivity contribution in [2.24, 2.45) is 0 Å². The third-order valence-corrected chi connectivity index (χ3v) is 3.44. The quantitative estimate of drug-likeness (QED) is 0.885. The van der Waals surface area contributed by atoms with Crippen molar-refractivity contribution in [3.05, 3.63) is 71.5 Å². The summed E-state index contributed by atoms with van der Waals surface area (Å²) in [7, 11) is 0. The molecule has 0 aliphatic carbocycles. The van der Waals surface area contributed by atoms with Gasteiger partial charge in [-0.15, -0.1) is 0 Å². The summed E-state index contributed by atoms with van der Waals surface area (Å²) < 4.78 is 18.5. The molecule has 2 rings (SSSR count). The van der Waals surface area contributed by atoms with Gasteiger partial charge in [0.25, 0.3) is 0 Å². The molecule has 4 heteroatoms. The van der Waals surface area contributed by atoms with Crippen molar-refractivity contribution in [1.29, 1.82) is 0 Å². The summed E-state index contributed by atoms with van der Waals surface area (Å²) in [4.78, 5) is 12.1. The molecule has 0 unspecified atom stereocenters. The number of halogens is 1. The summed E-state index contributed by atoms with van der Waals surface area (Å²) in [5.74, 6) is -0.477. The molecule has 0 heterocycles. The number of benzene rings is 2. The number of nitrogens with one attached hydrogen (secondary N) is 1. The highest BCUT2D eigenvalue weighted by Gasteiger charge is 2.16. The number of carbonyl (C=O) groups excluding carboxylic acids is 1. The first kappa shape index (κ1) is 16.2. The monoisotopic (exact) mass is 301 g/mol. The highest BCUT2D eigenvalue weighted by molar-refractivity contribution is 5.80. The van der Waals surface area contributed by atoms with Crippen molar-refractivity contribution in [1.82, 2.24) is 5.32 Å². The van der Waals surface area contributed by atoms with Crippen LogP contribution in [0.5, 0.6) is 0 Å². The van der Waals surface area contributed by atoms with E-state index in [2.05, 4.69) is 5.32 Å². The van der Waals surface area contributed by atoms with Gasteiger partial charge in [-0.25, -0.2) is 4.39 Å². The zero-order valence-corrected chi connectivity index (χ0v) is 12.8.